The van der Waals surface area contributed by atoms with Gasteiger partial charge in [0.15, 0.2) is 11.5 Å². The van der Waals surface area contributed by atoms with Crippen molar-refractivity contribution < 1.29 is 8.42 Å². The van der Waals surface area contributed by atoms with Crippen LogP contribution < -0.4 is 5.32 Å². The van der Waals surface area contributed by atoms with Crippen molar-refractivity contribution in [1.29, 1.82) is 0 Å². The number of benzene rings is 2. The number of hydrogen-bond donors (Lipinski definition) is 1. The van der Waals surface area contributed by atoms with E-state index >= 15 is 0 Å². The largest absolute Gasteiger partial charge is 0.367 e. The van der Waals surface area contributed by atoms with Crippen molar-refractivity contribution in [1.82, 2.24) is 13.9 Å². The number of nitrogens with zero attached hydrogens (tertiary/aromatic N) is 3. The SMILES string of the molecule is Cc1cc2c(NC3CCCCC3)nc(-c3ccccc3)nc2n1S(=O)(=O)Cc1ccccc1. The first kappa shape index (κ1) is 21.6. The molecule has 1 aliphatic carbocycles. The van der Waals surface area contributed by atoms with Crippen LogP contribution in [0, 0.1) is 6.92 Å². The first-order valence-corrected chi connectivity index (χ1v) is 13.1. The molecule has 1 fully saturated rings. The Bertz CT molecular complexity index is 1360. The maximum absolute atomic E-state index is 13.5. The summed E-state index contributed by atoms with van der Waals surface area (Å²) in [6.45, 7) is 1.82. The highest BCUT2D eigenvalue weighted by Crippen LogP contribution is 2.31. The Balaban J connectivity index is 1.65. The van der Waals surface area contributed by atoms with Gasteiger partial charge in [0, 0.05) is 17.3 Å². The molecule has 2 aromatic heterocycles. The van der Waals surface area contributed by atoms with Gasteiger partial charge in [-0.3, -0.25) is 0 Å². The van der Waals surface area contributed by atoms with Crippen LogP contribution in [0.25, 0.3) is 22.4 Å². The van der Waals surface area contributed by atoms with Crippen LogP contribution in [0.5, 0.6) is 0 Å². The first-order valence-electron chi connectivity index (χ1n) is 11.5. The minimum atomic E-state index is -3.68. The summed E-state index contributed by atoms with van der Waals surface area (Å²) < 4.78 is 28.4. The lowest BCUT2D eigenvalue weighted by molar-refractivity contribution is 0.462. The molecule has 2 aromatic carbocycles. The molecule has 2 heterocycles. The minimum absolute atomic E-state index is 0.0888. The highest BCUT2D eigenvalue weighted by atomic mass is 32.2. The summed E-state index contributed by atoms with van der Waals surface area (Å²) in [6.07, 6.45) is 5.85. The maximum Gasteiger partial charge on any atom is 0.244 e. The van der Waals surface area contributed by atoms with E-state index in [2.05, 4.69) is 5.32 Å². The van der Waals surface area contributed by atoms with Crippen LogP contribution in [-0.2, 0) is 15.8 Å². The predicted octanol–water partition coefficient (Wildman–Crippen LogP) is 5.53. The molecule has 0 spiro atoms. The van der Waals surface area contributed by atoms with Gasteiger partial charge >= 0.3 is 0 Å². The fourth-order valence-corrected chi connectivity index (χ4v) is 6.28. The van der Waals surface area contributed by atoms with Crippen molar-refractivity contribution in [3.8, 4) is 11.4 Å². The quantitative estimate of drug-likeness (QED) is 0.409. The maximum atomic E-state index is 13.5. The van der Waals surface area contributed by atoms with Crippen molar-refractivity contribution in [2.75, 3.05) is 5.32 Å². The van der Waals surface area contributed by atoms with E-state index < -0.39 is 10.0 Å². The van der Waals surface area contributed by atoms with E-state index in [4.69, 9.17) is 9.97 Å². The third kappa shape index (κ3) is 4.50. The molecule has 1 aliphatic rings. The van der Waals surface area contributed by atoms with Gasteiger partial charge in [-0.15, -0.1) is 0 Å². The molecule has 4 aromatic rings. The third-order valence-electron chi connectivity index (χ3n) is 6.24. The summed E-state index contributed by atoms with van der Waals surface area (Å²) >= 11 is 0. The van der Waals surface area contributed by atoms with Crippen LogP contribution in [0.3, 0.4) is 0 Å². The Morgan fingerprint density at radius 3 is 2.30 bits per heavy atom. The van der Waals surface area contributed by atoms with E-state index in [0.717, 1.165) is 29.4 Å². The fraction of sp³-hybridized carbons (Fsp3) is 0.308. The van der Waals surface area contributed by atoms with Crippen molar-refractivity contribution in [2.24, 2.45) is 0 Å². The molecule has 6 nitrogen and oxygen atoms in total. The minimum Gasteiger partial charge on any atom is -0.367 e. The van der Waals surface area contributed by atoms with Crippen molar-refractivity contribution >= 4 is 26.9 Å². The Kier molecular flexibility index (Phi) is 5.89. The highest BCUT2D eigenvalue weighted by Gasteiger charge is 2.25. The molecule has 33 heavy (non-hydrogen) atoms. The third-order valence-corrected chi connectivity index (χ3v) is 7.95. The first-order chi connectivity index (χ1) is 16.0. The van der Waals surface area contributed by atoms with Crippen molar-refractivity contribution in [3.05, 3.63) is 78.0 Å². The summed E-state index contributed by atoms with van der Waals surface area (Å²) in [5, 5.41) is 4.36. The molecule has 170 valence electrons. The Hall–Kier alpha value is -3.19. The second-order valence-electron chi connectivity index (χ2n) is 8.77. The van der Waals surface area contributed by atoms with Gasteiger partial charge in [-0.2, -0.15) is 0 Å². The normalized spacial score (nSPS) is 15.1. The van der Waals surface area contributed by atoms with E-state index in [0.29, 0.717) is 29.0 Å². The summed E-state index contributed by atoms with van der Waals surface area (Å²) in [4.78, 5) is 9.62. The van der Waals surface area contributed by atoms with Crippen molar-refractivity contribution in [3.63, 3.8) is 0 Å². The zero-order valence-electron chi connectivity index (χ0n) is 18.7. The molecule has 0 saturated heterocycles. The summed E-state index contributed by atoms with van der Waals surface area (Å²) in [6, 6.07) is 21.2. The number of anilines is 1. The van der Waals surface area contributed by atoms with Gasteiger partial charge in [0.1, 0.15) is 5.82 Å². The molecular formula is C26H28N4O2S. The number of aryl methyl sites for hydroxylation is 1. The van der Waals surface area contributed by atoms with E-state index in [9.17, 15) is 8.42 Å². The molecule has 0 amide bonds. The zero-order chi connectivity index (χ0) is 22.8. The van der Waals surface area contributed by atoms with Crippen LogP contribution >= 0.6 is 0 Å². The Morgan fingerprint density at radius 1 is 0.939 bits per heavy atom. The van der Waals surface area contributed by atoms with Crippen LogP contribution in [0.2, 0.25) is 0 Å². The van der Waals surface area contributed by atoms with Crippen LogP contribution in [0.15, 0.2) is 66.7 Å². The van der Waals surface area contributed by atoms with Gasteiger partial charge in [0.2, 0.25) is 10.0 Å². The van der Waals surface area contributed by atoms with E-state index in [1.807, 2.05) is 73.7 Å². The van der Waals surface area contributed by atoms with Crippen LogP contribution in [0.4, 0.5) is 5.82 Å². The lowest BCUT2D eigenvalue weighted by Gasteiger charge is -2.23. The fourth-order valence-electron chi connectivity index (χ4n) is 4.65. The highest BCUT2D eigenvalue weighted by molar-refractivity contribution is 7.89. The van der Waals surface area contributed by atoms with Gasteiger partial charge in [-0.1, -0.05) is 79.9 Å². The molecule has 0 bridgehead atoms. The van der Waals surface area contributed by atoms with Crippen LogP contribution in [0.1, 0.15) is 43.4 Å². The smallest absolute Gasteiger partial charge is 0.244 e. The average Bonchev–Trinajstić information content (AvgIpc) is 3.18. The molecule has 0 radical (unpaired) electrons. The zero-order valence-corrected chi connectivity index (χ0v) is 19.6. The van der Waals surface area contributed by atoms with Gasteiger partial charge in [0.05, 0.1) is 11.1 Å². The second kappa shape index (κ2) is 8.98. The van der Waals surface area contributed by atoms with E-state index in [-0.39, 0.29) is 5.75 Å². The lowest BCUT2D eigenvalue weighted by atomic mass is 9.95. The molecule has 0 unspecified atom stereocenters. The molecule has 5 rings (SSSR count). The van der Waals surface area contributed by atoms with E-state index in [1.54, 1.807) is 0 Å². The van der Waals surface area contributed by atoms with Gasteiger partial charge < -0.3 is 5.32 Å². The van der Waals surface area contributed by atoms with Gasteiger partial charge in [-0.25, -0.2) is 22.4 Å². The molecule has 0 atom stereocenters. The molecule has 1 saturated carbocycles. The number of fused-ring (bicyclic) bond motifs is 1. The number of aromatic nitrogens is 3. The van der Waals surface area contributed by atoms with Crippen LogP contribution in [-0.4, -0.2) is 28.4 Å². The second-order valence-corrected chi connectivity index (χ2v) is 10.6. The molecular weight excluding hydrogens is 432 g/mol. The van der Waals surface area contributed by atoms with Gasteiger partial charge in [0.25, 0.3) is 0 Å². The van der Waals surface area contributed by atoms with E-state index in [1.165, 1.54) is 23.2 Å². The molecule has 1 N–H and O–H groups in total. The monoisotopic (exact) mass is 460 g/mol. The van der Waals surface area contributed by atoms with Crippen molar-refractivity contribution in [2.45, 2.75) is 50.8 Å². The number of nitrogens with one attached hydrogen (secondary N) is 1. The summed E-state index contributed by atoms with van der Waals surface area (Å²) in [5.74, 6) is 1.15. The molecule has 7 heteroatoms. The lowest BCUT2D eigenvalue weighted by Crippen LogP contribution is -2.23. The summed E-state index contributed by atoms with van der Waals surface area (Å²) in [5.41, 5.74) is 2.66. The standard InChI is InChI=1S/C26H28N4O2S/c1-19-17-23-25(27-22-15-9-4-10-16-22)28-24(21-13-7-3-8-14-21)29-26(23)30(19)33(31,32)18-20-11-5-2-6-12-20/h2-3,5-8,11-14,17,22H,4,9-10,15-16,18H2,1H3,(H,27,28,29). The van der Waals surface area contributed by atoms with Gasteiger partial charge in [-0.05, 0) is 31.4 Å². The predicted molar refractivity (Wildman–Crippen MR) is 133 cm³/mol. The Morgan fingerprint density at radius 2 is 1.61 bits per heavy atom. The Labute approximate surface area is 194 Å². The average molecular weight is 461 g/mol. The topological polar surface area (TPSA) is 76.9 Å². The molecule has 0 aliphatic heterocycles. The number of hydrogen-bond acceptors (Lipinski definition) is 5. The summed E-state index contributed by atoms with van der Waals surface area (Å²) in [7, 11) is -3.68. The number of rotatable bonds is 6.